The van der Waals surface area contributed by atoms with Crippen molar-refractivity contribution < 1.29 is 36.3 Å². The van der Waals surface area contributed by atoms with Crippen LogP contribution in [0.4, 0.5) is 17.6 Å². The zero-order valence-electron chi connectivity index (χ0n) is 14.8. The molecule has 29 heavy (non-hydrogen) atoms. The number of rotatable bonds is 7. The van der Waals surface area contributed by atoms with Gasteiger partial charge in [-0.2, -0.15) is 0 Å². The van der Waals surface area contributed by atoms with Crippen molar-refractivity contribution in [2.45, 2.75) is 12.8 Å². The van der Waals surface area contributed by atoms with Gasteiger partial charge in [0.2, 0.25) is 0 Å². The van der Waals surface area contributed by atoms with Crippen molar-refractivity contribution in [3.63, 3.8) is 0 Å². The lowest BCUT2D eigenvalue weighted by Gasteiger charge is -2.04. The number of carbonyl (C=O) groups excluding carboxylic acids is 2. The van der Waals surface area contributed by atoms with E-state index in [2.05, 4.69) is 4.98 Å². The van der Waals surface area contributed by atoms with Crippen LogP contribution in [0, 0.1) is 23.3 Å². The number of benzene rings is 2. The second-order valence-electron chi connectivity index (χ2n) is 5.93. The van der Waals surface area contributed by atoms with Gasteiger partial charge in [0.1, 0.15) is 11.6 Å². The van der Waals surface area contributed by atoms with Gasteiger partial charge >= 0.3 is 5.97 Å². The fourth-order valence-electron chi connectivity index (χ4n) is 2.45. The summed E-state index contributed by atoms with van der Waals surface area (Å²) in [5.41, 5.74) is -0.507. The van der Waals surface area contributed by atoms with Gasteiger partial charge < -0.3 is 9.15 Å². The van der Waals surface area contributed by atoms with Crippen molar-refractivity contribution in [3.05, 3.63) is 77.3 Å². The summed E-state index contributed by atoms with van der Waals surface area (Å²) < 4.78 is 63.5. The fraction of sp³-hybridized carbons (Fsp3) is 0.150. The monoisotopic (exact) mass is 407 g/mol. The van der Waals surface area contributed by atoms with Crippen molar-refractivity contribution in [1.29, 1.82) is 0 Å². The highest BCUT2D eigenvalue weighted by molar-refractivity contribution is 5.97. The largest absolute Gasteiger partial charge is 0.457 e. The van der Waals surface area contributed by atoms with E-state index < -0.39 is 41.6 Å². The maximum absolute atomic E-state index is 13.7. The third-order valence-electron chi connectivity index (χ3n) is 3.91. The Kier molecular flexibility index (Phi) is 6.06. The normalized spacial score (nSPS) is 10.8. The summed E-state index contributed by atoms with van der Waals surface area (Å²) in [4.78, 5) is 27.5. The van der Waals surface area contributed by atoms with E-state index in [1.54, 1.807) is 0 Å². The maximum atomic E-state index is 13.7. The molecule has 0 saturated carbocycles. The van der Waals surface area contributed by atoms with Gasteiger partial charge in [0, 0.05) is 12.0 Å². The number of esters is 1. The van der Waals surface area contributed by atoms with Crippen molar-refractivity contribution in [3.8, 4) is 11.3 Å². The molecule has 3 aromatic rings. The standard InChI is InChI=1S/C20H13F4NO4/c21-12-5-4-11(8-15(12)24)16(26)10-28-19(27)7-6-18-25-9-17(29-18)20-13(22)2-1-3-14(20)23/h1-5,8-9H,6-7,10H2. The maximum Gasteiger partial charge on any atom is 0.306 e. The number of carbonyl (C=O) groups is 2. The Morgan fingerprint density at radius 1 is 0.966 bits per heavy atom. The van der Waals surface area contributed by atoms with Crippen LogP contribution in [0.15, 0.2) is 47.0 Å². The minimum atomic E-state index is -1.19. The van der Waals surface area contributed by atoms with Gasteiger partial charge in [-0.05, 0) is 30.3 Å². The molecule has 0 N–H and O–H groups in total. The van der Waals surface area contributed by atoms with Crippen molar-refractivity contribution in [1.82, 2.24) is 4.98 Å². The molecule has 0 aliphatic carbocycles. The first kappa shape index (κ1) is 20.2. The summed E-state index contributed by atoms with van der Waals surface area (Å²) in [5, 5.41) is 0. The first-order valence-corrected chi connectivity index (χ1v) is 8.38. The van der Waals surface area contributed by atoms with Gasteiger partial charge in [0.15, 0.2) is 35.7 Å². The number of ether oxygens (including phenoxy) is 1. The number of nitrogens with zero attached hydrogens (tertiary/aromatic N) is 1. The molecule has 0 atom stereocenters. The van der Waals surface area contributed by atoms with Gasteiger partial charge in [0.05, 0.1) is 18.2 Å². The molecule has 0 amide bonds. The van der Waals surface area contributed by atoms with Crippen LogP contribution >= 0.6 is 0 Å². The lowest BCUT2D eigenvalue weighted by Crippen LogP contribution is -2.15. The van der Waals surface area contributed by atoms with Crippen molar-refractivity contribution in [2.75, 3.05) is 6.61 Å². The van der Waals surface area contributed by atoms with E-state index in [0.29, 0.717) is 6.07 Å². The molecular weight excluding hydrogens is 394 g/mol. The average Bonchev–Trinajstić information content (AvgIpc) is 3.15. The molecule has 1 aromatic heterocycles. The van der Waals surface area contributed by atoms with Crippen LogP contribution in [0.25, 0.3) is 11.3 Å². The second kappa shape index (κ2) is 8.68. The highest BCUT2D eigenvalue weighted by Crippen LogP contribution is 2.26. The second-order valence-corrected chi connectivity index (χ2v) is 5.93. The van der Waals surface area contributed by atoms with E-state index in [4.69, 9.17) is 9.15 Å². The van der Waals surface area contributed by atoms with E-state index >= 15 is 0 Å². The summed E-state index contributed by atoms with van der Waals surface area (Å²) in [7, 11) is 0. The van der Waals surface area contributed by atoms with Gasteiger partial charge in [-0.3, -0.25) is 9.59 Å². The molecule has 5 nitrogen and oxygen atoms in total. The summed E-state index contributed by atoms with van der Waals surface area (Å²) in [6.07, 6.45) is 0.883. The third-order valence-corrected chi connectivity index (χ3v) is 3.91. The first-order chi connectivity index (χ1) is 13.8. The van der Waals surface area contributed by atoms with Gasteiger partial charge in [-0.25, -0.2) is 22.5 Å². The highest BCUT2D eigenvalue weighted by atomic mass is 19.2. The lowest BCUT2D eigenvalue weighted by molar-refractivity contribution is -0.142. The van der Waals surface area contributed by atoms with Crippen LogP contribution in [0.5, 0.6) is 0 Å². The number of aromatic nitrogens is 1. The zero-order chi connectivity index (χ0) is 21.0. The van der Waals surface area contributed by atoms with Crippen LogP contribution in [0.3, 0.4) is 0 Å². The minimum Gasteiger partial charge on any atom is -0.457 e. The number of aryl methyl sites for hydroxylation is 1. The van der Waals surface area contributed by atoms with Gasteiger partial charge in [-0.1, -0.05) is 6.07 Å². The molecule has 0 bridgehead atoms. The molecule has 2 aromatic carbocycles. The quantitative estimate of drug-likeness (QED) is 0.333. The molecule has 0 radical (unpaired) electrons. The molecule has 0 aliphatic rings. The van der Waals surface area contributed by atoms with Crippen LogP contribution < -0.4 is 0 Å². The lowest BCUT2D eigenvalue weighted by atomic mass is 10.1. The predicted octanol–water partition coefficient (Wildman–Crippen LogP) is 4.26. The summed E-state index contributed by atoms with van der Waals surface area (Å²) in [6, 6.07) is 5.93. The smallest absolute Gasteiger partial charge is 0.306 e. The molecule has 0 spiro atoms. The molecule has 1 heterocycles. The molecule has 0 saturated heterocycles. The van der Waals surface area contributed by atoms with Crippen molar-refractivity contribution >= 4 is 11.8 Å². The Morgan fingerprint density at radius 3 is 2.38 bits per heavy atom. The van der Waals surface area contributed by atoms with Gasteiger partial charge in [0.25, 0.3) is 0 Å². The van der Waals surface area contributed by atoms with E-state index in [9.17, 15) is 27.2 Å². The molecule has 0 unspecified atom stereocenters. The van der Waals surface area contributed by atoms with E-state index in [0.717, 1.165) is 30.5 Å². The Balaban J connectivity index is 1.53. The summed E-state index contributed by atoms with van der Waals surface area (Å²) in [6.45, 7) is -0.652. The number of oxazole rings is 1. The topological polar surface area (TPSA) is 69.4 Å². The minimum absolute atomic E-state index is 0.0335. The number of hydrogen-bond acceptors (Lipinski definition) is 5. The van der Waals surface area contributed by atoms with Gasteiger partial charge in [-0.15, -0.1) is 0 Å². The van der Waals surface area contributed by atoms with E-state index in [1.165, 1.54) is 6.07 Å². The predicted molar refractivity (Wildman–Crippen MR) is 91.8 cm³/mol. The van der Waals surface area contributed by atoms with Crippen LogP contribution in [-0.2, 0) is 16.0 Å². The number of halogens is 4. The third kappa shape index (κ3) is 4.87. The van der Waals surface area contributed by atoms with Crippen molar-refractivity contribution in [2.24, 2.45) is 0 Å². The molecule has 0 aliphatic heterocycles. The summed E-state index contributed by atoms with van der Waals surface area (Å²) >= 11 is 0. The first-order valence-electron chi connectivity index (χ1n) is 8.38. The average molecular weight is 407 g/mol. The molecule has 9 heteroatoms. The Bertz CT molecular complexity index is 1040. The molecule has 150 valence electrons. The Hall–Kier alpha value is -3.49. The Morgan fingerprint density at radius 2 is 1.69 bits per heavy atom. The molecule has 3 rings (SSSR count). The fourth-order valence-corrected chi connectivity index (χ4v) is 2.45. The Labute approximate surface area is 161 Å². The zero-order valence-corrected chi connectivity index (χ0v) is 14.8. The van der Waals surface area contributed by atoms with E-state index in [1.807, 2.05) is 0 Å². The molecular formula is C20H13F4NO4. The number of ketones is 1. The van der Waals surface area contributed by atoms with Crippen LogP contribution in [0.2, 0.25) is 0 Å². The van der Waals surface area contributed by atoms with Crippen LogP contribution in [0.1, 0.15) is 22.7 Å². The molecule has 0 fully saturated rings. The summed E-state index contributed by atoms with van der Waals surface area (Å²) in [5.74, 6) is -5.47. The van der Waals surface area contributed by atoms with E-state index in [-0.39, 0.29) is 35.6 Å². The van der Waals surface area contributed by atoms with Crippen LogP contribution in [-0.4, -0.2) is 23.3 Å². The number of Topliss-reactive ketones (excluding diaryl/α,β-unsaturated/α-hetero) is 1. The number of hydrogen-bond donors (Lipinski definition) is 0. The SMILES string of the molecule is O=C(CCc1ncc(-c2c(F)cccc2F)o1)OCC(=O)c1ccc(F)c(F)c1. The highest BCUT2D eigenvalue weighted by Gasteiger charge is 2.17.